The average Bonchev–Trinajstić information content (AvgIpc) is 2.33. The van der Waals surface area contributed by atoms with E-state index in [0.29, 0.717) is 0 Å². The van der Waals surface area contributed by atoms with Gasteiger partial charge < -0.3 is 0 Å². The van der Waals surface area contributed by atoms with Gasteiger partial charge in [0.15, 0.2) is 0 Å². The van der Waals surface area contributed by atoms with Gasteiger partial charge in [-0.2, -0.15) is 0 Å². The summed E-state index contributed by atoms with van der Waals surface area (Å²) in [5, 5.41) is 2.05. The SMILES string of the molecule is Brc1ccc2sccc2n1. The second kappa shape index (κ2) is 2.32. The molecule has 0 aliphatic heterocycles. The minimum atomic E-state index is 0.901. The van der Waals surface area contributed by atoms with E-state index in [9.17, 15) is 0 Å². The molecule has 0 saturated heterocycles. The van der Waals surface area contributed by atoms with E-state index in [1.165, 1.54) is 4.70 Å². The van der Waals surface area contributed by atoms with Gasteiger partial charge in [0.1, 0.15) is 4.60 Å². The first-order valence-corrected chi connectivity index (χ1v) is 4.53. The van der Waals surface area contributed by atoms with Crippen LogP contribution in [0.1, 0.15) is 0 Å². The van der Waals surface area contributed by atoms with Crippen LogP contribution in [0.3, 0.4) is 0 Å². The Balaban J connectivity index is 2.86. The van der Waals surface area contributed by atoms with E-state index in [-0.39, 0.29) is 0 Å². The number of thiophene rings is 1. The number of hydrogen-bond donors (Lipinski definition) is 0. The zero-order valence-corrected chi connectivity index (χ0v) is 7.45. The van der Waals surface area contributed by atoms with Crippen molar-refractivity contribution in [1.82, 2.24) is 4.98 Å². The third-order valence-corrected chi connectivity index (χ3v) is 2.59. The minimum absolute atomic E-state index is 0.901. The Morgan fingerprint density at radius 2 is 2.20 bits per heavy atom. The Kier molecular flexibility index (Phi) is 1.47. The summed E-state index contributed by atoms with van der Waals surface area (Å²) < 4.78 is 2.14. The van der Waals surface area contributed by atoms with Gasteiger partial charge in [0.05, 0.1) is 10.2 Å². The Bertz CT molecular complexity index is 355. The van der Waals surface area contributed by atoms with Crippen molar-refractivity contribution in [1.29, 1.82) is 0 Å². The van der Waals surface area contributed by atoms with E-state index in [1.807, 2.05) is 17.5 Å². The maximum atomic E-state index is 4.26. The second-order valence-corrected chi connectivity index (χ2v) is 3.70. The zero-order valence-electron chi connectivity index (χ0n) is 5.04. The van der Waals surface area contributed by atoms with Gasteiger partial charge in [-0.3, -0.25) is 0 Å². The van der Waals surface area contributed by atoms with Crippen molar-refractivity contribution in [2.45, 2.75) is 0 Å². The van der Waals surface area contributed by atoms with Crippen molar-refractivity contribution < 1.29 is 0 Å². The summed E-state index contributed by atoms with van der Waals surface area (Å²) in [6.07, 6.45) is 0. The lowest BCUT2D eigenvalue weighted by Crippen LogP contribution is -1.71. The number of nitrogens with zero attached hydrogens (tertiary/aromatic N) is 1. The van der Waals surface area contributed by atoms with Crippen LogP contribution in [0.25, 0.3) is 10.2 Å². The zero-order chi connectivity index (χ0) is 6.97. The molecule has 1 nitrogen and oxygen atoms in total. The third-order valence-electron chi connectivity index (χ3n) is 1.27. The molecule has 0 fully saturated rings. The van der Waals surface area contributed by atoms with E-state index in [1.54, 1.807) is 11.3 Å². The molecule has 0 radical (unpaired) electrons. The summed E-state index contributed by atoms with van der Waals surface area (Å²) >= 11 is 5.02. The number of halogens is 1. The molecule has 0 aromatic carbocycles. The summed E-state index contributed by atoms with van der Waals surface area (Å²) in [6.45, 7) is 0. The van der Waals surface area contributed by atoms with E-state index in [0.717, 1.165) is 10.1 Å². The second-order valence-electron chi connectivity index (χ2n) is 1.94. The number of pyridine rings is 1. The van der Waals surface area contributed by atoms with Gasteiger partial charge in [0.2, 0.25) is 0 Å². The van der Waals surface area contributed by atoms with Gasteiger partial charge in [-0.05, 0) is 39.5 Å². The first kappa shape index (κ1) is 6.31. The van der Waals surface area contributed by atoms with Gasteiger partial charge in [-0.25, -0.2) is 4.98 Å². The molecule has 0 N–H and O–H groups in total. The molecule has 2 aromatic heterocycles. The summed E-state index contributed by atoms with van der Waals surface area (Å²) in [6, 6.07) is 6.04. The highest BCUT2D eigenvalue weighted by Gasteiger charge is 1.94. The molecule has 2 heterocycles. The first-order valence-electron chi connectivity index (χ1n) is 2.86. The number of fused-ring (bicyclic) bond motifs is 1. The fourth-order valence-corrected chi connectivity index (χ4v) is 1.88. The normalized spacial score (nSPS) is 10.5. The molecule has 0 amide bonds. The number of aromatic nitrogens is 1. The molecular weight excluding hydrogens is 210 g/mol. The van der Waals surface area contributed by atoms with E-state index < -0.39 is 0 Å². The number of hydrogen-bond acceptors (Lipinski definition) is 2. The topological polar surface area (TPSA) is 12.9 Å². The van der Waals surface area contributed by atoms with Crippen LogP contribution in [0.5, 0.6) is 0 Å². The molecule has 0 aliphatic rings. The van der Waals surface area contributed by atoms with Crippen LogP contribution in [0.4, 0.5) is 0 Å². The average molecular weight is 214 g/mol. The molecule has 0 atom stereocenters. The lowest BCUT2D eigenvalue weighted by Gasteiger charge is -1.87. The van der Waals surface area contributed by atoms with Crippen LogP contribution in [0.2, 0.25) is 0 Å². The molecule has 2 aromatic rings. The van der Waals surface area contributed by atoms with Crippen LogP contribution >= 0.6 is 27.3 Å². The molecule has 0 saturated carbocycles. The summed E-state index contributed by atoms with van der Waals surface area (Å²) in [5.41, 5.74) is 1.07. The van der Waals surface area contributed by atoms with E-state index in [4.69, 9.17) is 0 Å². The van der Waals surface area contributed by atoms with Crippen molar-refractivity contribution in [3.63, 3.8) is 0 Å². The van der Waals surface area contributed by atoms with Crippen molar-refractivity contribution in [3.05, 3.63) is 28.2 Å². The third kappa shape index (κ3) is 0.954. The van der Waals surface area contributed by atoms with E-state index >= 15 is 0 Å². The highest BCUT2D eigenvalue weighted by molar-refractivity contribution is 9.10. The lowest BCUT2D eigenvalue weighted by atomic mass is 10.4. The molecule has 2 rings (SSSR count). The molecule has 50 valence electrons. The van der Waals surface area contributed by atoms with E-state index in [2.05, 4.69) is 27.0 Å². The van der Waals surface area contributed by atoms with Gasteiger partial charge in [0, 0.05) is 0 Å². The summed E-state index contributed by atoms with van der Waals surface area (Å²) in [4.78, 5) is 4.26. The maximum absolute atomic E-state index is 4.26. The predicted octanol–water partition coefficient (Wildman–Crippen LogP) is 3.06. The van der Waals surface area contributed by atoms with Gasteiger partial charge in [-0.1, -0.05) is 0 Å². The van der Waals surface area contributed by atoms with Gasteiger partial charge in [-0.15, -0.1) is 11.3 Å². The molecular formula is C7H4BrNS. The maximum Gasteiger partial charge on any atom is 0.106 e. The van der Waals surface area contributed by atoms with Gasteiger partial charge >= 0.3 is 0 Å². The minimum Gasteiger partial charge on any atom is -0.240 e. The fraction of sp³-hybridized carbons (Fsp3) is 0. The summed E-state index contributed by atoms with van der Waals surface area (Å²) in [7, 11) is 0. The Morgan fingerprint density at radius 1 is 1.30 bits per heavy atom. The predicted molar refractivity (Wildman–Crippen MR) is 47.3 cm³/mol. The van der Waals surface area contributed by atoms with Crippen molar-refractivity contribution in [3.8, 4) is 0 Å². The highest BCUT2D eigenvalue weighted by atomic mass is 79.9. The van der Waals surface area contributed by atoms with Gasteiger partial charge in [0.25, 0.3) is 0 Å². The molecule has 0 bridgehead atoms. The van der Waals surface area contributed by atoms with Crippen LogP contribution in [0.15, 0.2) is 28.2 Å². The highest BCUT2D eigenvalue weighted by Crippen LogP contribution is 2.20. The number of rotatable bonds is 0. The monoisotopic (exact) mass is 213 g/mol. The molecule has 0 aliphatic carbocycles. The van der Waals surface area contributed by atoms with Crippen LogP contribution in [-0.4, -0.2) is 4.98 Å². The Labute approximate surface area is 70.8 Å². The van der Waals surface area contributed by atoms with Crippen LogP contribution in [0, 0.1) is 0 Å². The standard InChI is InChI=1S/C7H4BrNS/c8-7-2-1-6-5(9-7)3-4-10-6/h1-4H. The lowest BCUT2D eigenvalue weighted by molar-refractivity contribution is 1.36. The fourth-order valence-electron chi connectivity index (χ4n) is 0.828. The summed E-state index contributed by atoms with van der Waals surface area (Å²) in [5.74, 6) is 0. The Morgan fingerprint density at radius 3 is 3.10 bits per heavy atom. The quantitative estimate of drug-likeness (QED) is 0.614. The molecule has 0 unspecified atom stereocenters. The smallest absolute Gasteiger partial charge is 0.106 e. The van der Waals surface area contributed by atoms with Crippen LogP contribution in [-0.2, 0) is 0 Å². The molecule has 3 heteroatoms. The van der Waals surface area contributed by atoms with Crippen molar-refractivity contribution in [2.75, 3.05) is 0 Å². The first-order chi connectivity index (χ1) is 4.86. The van der Waals surface area contributed by atoms with Crippen molar-refractivity contribution in [2.24, 2.45) is 0 Å². The van der Waals surface area contributed by atoms with Crippen molar-refractivity contribution >= 4 is 37.5 Å². The van der Waals surface area contributed by atoms with Crippen LogP contribution < -0.4 is 0 Å². The largest absolute Gasteiger partial charge is 0.240 e. The molecule has 10 heavy (non-hydrogen) atoms. The Hall–Kier alpha value is -0.410. The molecule has 0 spiro atoms.